The van der Waals surface area contributed by atoms with E-state index in [9.17, 15) is 0 Å². The number of terminal acetylenes is 1. The van der Waals surface area contributed by atoms with Crippen molar-refractivity contribution < 1.29 is 0 Å². The molecule has 0 bridgehead atoms. The highest BCUT2D eigenvalue weighted by molar-refractivity contribution is 6.01. The van der Waals surface area contributed by atoms with Gasteiger partial charge in [-0.25, -0.2) is 0 Å². The monoisotopic (exact) mass is 553 g/mol. The summed E-state index contributed by atoms with van der Waals surface area (Å²) in [7, 11) is 0. The molecule has 0 aliphatic carbocycles. The lowest BCUT2D eigenvalue weighted by Crippen LogP contribution is -1.94. The summed E-state index contributed by atoms with van der Waals surface area (Å²) >= 11 is 0. The van der Waals surface area contributed by atoms with Crippen LogP contribution in [0.1, 0.15) is 57.7 Å². The van der Waals surface area contributed by atoms with Crippen molar-refractivity contribution in [2.24, 2.45) is 4.99 Å². The third-order valence-corrected chi connectivity index (χ3v) is 5.59. The maximum absolute atomic E-state index is 5.04. The predicted molar refractivity (Wildman–Crippen MR) is 191 cm³/mol. The van der Waals surface area contributed by atoms with Gasteiger partial charge in [-0.2, -0.15) is 0 Å². The highest BCUT2D eigenvalue weighted by Gasteiger charge is 1.99. The Morgan fingerprint density at radius 3 is 1.67 bits per heavy atom. The summed E-state index contributed by atoms with van der Waals surface area (Å²) in [6.45, 7) is 25.1. The van der Waals surface area contributed by atoms with Crippen molar-refractivity contribution in [3.63, 3.8) is 0 Å². The van der Waals surface area contributed by atoms with E-state index in [0.29, 0.717) is 0 Å². The van der Waals surface area contributed by atoms with Crippen LogP contribution in [-0.4, -0.2) is 5.71 Å². The van der Waals surface area contributed by atoms with Crippen LogP contribution in [-0.2, 0) is 0 Å². The molecule has 3 rings (SSSR count). The van der Waals surface area contributed by atoms with Gasteiger partial charge in [0.1, 0.15) is 0 Å². The molecular formula is C41H47N. The lowest BCUT2D eigenvalue weighted by atomic mass is 10.0. The van der Waals surface area contributed by atoms with Gasteiger partial charge in [0.25, 0.3) is 0 Å². The van der Waals surface area contributed by atoms with Crippen LogP contribution in [0.4, 0.5) is 0 Å². The zero-order chi connectivity index (χ0) is 31.6. The number of aliphatic imine (C=N–C) groups is 1. The minimum absolute atomic E-state index is 0.798. The molecule has 0 unspecified atom stereocenters. The van der Waals surface area contributed by atoms with E-state index in [1.165, 1.54) is 11.1 Å². The van der Waals surface area contributed by atoms with Crippen LogP contribution in [0.3, 0.4) is 0 Å². The maximum atomic E-state index is 5.04. The fraction of sp³-hybridized carbons (Fsp3) is 0.146. The first-order chi connectivity index (χ1) is 20.4. The minimum Gasteiger partial charge on any atom is -0.253 e. The second-order valence-corrected chi connectivity index (χ2v) is 8.69. The number of hydrogen-bond acceptors (Lipinski definition) is 1. The molecule has 0 radical (unpaired) electrons. The molecule has 0 saturated heterocycles. The number of allylic oxidation sites excluding steroid dienone is 9. The van der Waals surface area contributed by atoms with Gasteiger partial charge in [-0.3, -0.25) is 4.99 Å². The van der Waals surface area contributed by atoms with Gasteiger partial charge in [-0.15, -0.1) is 13.0 Å². The molecule has 1 nitrogen and oxygen atoms in total. The Kier molecular flexibility index (Phi) is 21.1. The molecule has 42 heavy (non-hydrogen) atoms. The van der Waals surface area contributed by atoms with Gasteiger partial charge in [0.05, 0.1) is 5.70 Å². The number of nitrogens with zero attached hydrogens (tertiary/aromatic N) is 1. The van der Waals surface area contributed by atoms with E-state index < -0.39 is 0 Å². The van der Waals surface area contributed by atoms with Gasteiger partial charge >= 0.3 is 0 Å². The van der Waals surface area contributed by atoms with Crippen molar-refractivity contribution in [3.8, 4) is 12.3 Å². The van der Waals surface area contributed by atoms with Gasteiger partial charge in [-0.05, 0) is 67.2 Å². The molecule has 0 aliphatic rings. The van der Waals surface area contributed by atoms with Crippen LogP contribution < -0.4 is 0 Å². The molecule has 0 saturated carbocycles. The molecular weight excluding hydrogens is 506 g/mol. The summed E-state index contributed by atoms with van der Waals surface area (Å²) in [5.74, 6) is 2.42. The molecule has 0 atom stereocenters. The quantitative estimate of drug-likeness (QED) is 0.108. The van der Waals surface area contributed by atoms with Gasteiger partial charge in [0, 0.05) is 5.71 Å². The number of hydrogen-bond donors (Lipinski definition) is 0. The maximum Gasteiger partial charge on any atom is 0.0633 e. The van der Waals surface area contributed by atoms with Gasteiger partial charge < -0.3 is 0 Å². The van der Waals surface area contributed by atoms with Crippen LogP contribution in [0.2, 0.25) is 0 Å². The van der Waals surface area contributed by atoms with Crippen molar-refractivity contribution in [2.45, 2.75) is 41.0 Å². The van der Waals surface area contributed by atoms with Crippen LogP contribution in [0.25, 0.3) is 11.3 Å². The normalized spacial score (nSPS) is 10.8. The highest BCUT2D eigenvalue weighted by Crippen LogP contribution is 2.18. The lowest BCUT2D eigenvalue weighted by Gasteiger charge is -2.03. The van der Waals surface area contributed by atoms with Gasteiger partial charge in [0.2, 0.25) is 0 Å². The van der Waals surface area contributed by atoms with Crippen molar-refractivity contribution in [1.82, 2.24) is 0 Å². The van der Waals surface area contributed by atoms with Crippen LogP contribution in [0.5, 0.6) is 0 Å². The summed E-state index contributed by atoms with van der Waals surface area (Å²) in [6.07, 6.45) is 17.2. The Hall–Kier alpha value is -4.93. The Bertz CT molecular complexity index is 1370. The molecule has 0 aliphatic heterocycles. The summed E-state index contributed by atoms with van der Waals surface area (Å²) in [5.41, 5.74) is 8.60. The third kappa shape index (κ3) is 15.6. The van der Waals surface area contributed by atoms with E-state index >= 15 is 0 Å². The molecule has 0 aromatic heterocycles. The molecule has 0 amide bonds. The lowest BCUT2D eigenvalue weighted by molar-refractivity contribution is 1.40. The van der Waals surface area contributed by atoms with E-state index in [1.807, 2.05) is 132 Å². The van der Waals surface area contributed by atoms with Crippen LogP contribution in [0, 0.1) is 12.3 Å². The predicted octanol–water partition coefficient (Wildman–Crippen LogP) is 11.7. The first kappa shape index (κ1) is 37.1. The Morgan fingerprint density at radius 2 is 1.26 bits per heavy atom. The first-order valence-corrected chi connectivity index (χ1v) is 14.2. The Morgan fingerprint density at radius 1 is 0.786 bits per heavy atom. The minimum atomic E-state index is 0.798. The average molecular weight is 554 g/mol. The zero-order valence-electron chi connectivity index (χ0n) is 26.2. The van der Waals surface area contributed by atoms with E-state index in [0.717, 1.165) is 40.1 Å². The van der Waals surface area contributed by atoms with Gasteiger partial charge in [0.15, 0.2) is 0 Å². The standard InChI is InChI=1S/C16H15N.C13H14.C10H12.C2H6/c1-13(15-9-5-3-6-10-15)17-14(2)16-11-7-4-8-12-16;1-3-8-12(9-4-2)13-10-6-5-7-11-13;1-5-7-8-10(6-2)9(3)4;1-2/h3-12H,1H2,2H3;3-8,10-11H,1-2,9H2;1,6-8H,3H2,2,4H3;1-2H3/b;12-8+;8-7-,10-6+;. The molecule has 0 spiro atoms. The third-order valence-electron chi connectivity index (χ3n) is 5.59. The number of rotatable bonds is 9. The van der Waals surface area contributed by atoms with Gasteiger partial charge in [-0.1, -0.05) is 160 Å². The fourth-order valence-corrected chi connectivity index (χ4v) is 3.50. The molecule has 3 aromatic carbocycles. The molecule has 0 heterocycles. The Balaban J connectivity index is 0.000000605. The first-order valence-electron chi connectivity index (χ1n) is 14.2. The second-order valence-electron chi connectivity index (χ2n) is 8.69. The van der Waals surface area contributed by atoms with Crippen molar-refractivity contribution in [3.05, 3.63) is 182 Å². The summed E-state index contributed by atoms with van der Waals surface area (Å²) in [6, 6.07) is 30.4. The average Bonchev–Trinajstić information content (AvgIpc) is 3.04. The largest absolute Gasteiger partial charge is 0.253 e. The molecule has 3 aromatic rings. The summed E-state index contributed by atoms with van der Waals surface area (Å²) in [4.78, 5) is 4.54. The molecule has 216 valence electrons. The van der Waals surface area contributed by atoms with Crippen molar-refractivity contribution >= 4 is 17.0 Å². The van der Waals surface area contributed by atoms with E-state index in [4.69, 9.17) is 6.42 Å². The SMILES string of the molecule is C#C/C=C\C(=C/C)C(=C)C.C=C(N=C(C)c1ccccc1)c1ccccc1.C=C/C=C(\CC=C)c1ccccc1.CC. The number of benzene rings is 3. The second kappa shape index (κ2) is 23.9. The van der Waals surface area contributed by atoms with Crippen molar-refractivity contribution in [2.75, 3.05) is 0 Å². The van der Waals surface area contributed by atoms with Crippen LogP contribution >= 0.6 is 0 Å². The fourth-order valence-electron chi connectivity index (χ4n) is 3.50. The summed E-state index contributed by atoms with van der Waals surface area (Å²) < 4.78 is 0. The van der Waals surface area contributed by atoms with E-state index in [2.05, 4.69) is 61.5 Å². The Labute approximate surface area is 256 Å². The van der Waals surface area contributed by atoms with Crippen molar-refractivity contribution in [1.29, 1.82) is 0 Å². The van der Waals surface area contributed by atoms with Crippen LogP contribution in [0.15, 0.2) is 170 Å². The van der Waals surface area contributed by atoms with E-state index in [-0.39, 0.29) is 0 Å². The van der Waals surface area contributed by atoms with E-state index in [1.54, 1.807) is 6.08 Å². The molecule has 0 fully saturated rings. The summed E-state index contributed by atoms with van der Waals surface area (Å²) in [5, 5.41) is 0. The molecule has 1 heteroatoms. The highest BCUT2D eigenvalue weighted by atomic mass is 14.7. The zero-order valence-corrected chi connectivity index (χ0v) is 26.2. The topological polar surface area (TPSA) is 12.4 Å². The smallest absolute Gasteiger partial charge is 0.0633 e. The molecule has 0 N–H and O–H groups in total.